The fourth-order valence-corrected chi connectivity index (χ4v) is 2.71. The zero-order chi connectivity index (χ0) is 16.5. The van der Waals surface area contributed by atoms with Crippen LogP contribution < -0.4 is 0 Å². The molecule has 5 nitrogen and oxygen atoms in total. The Morgan fingerprint density at radius 2 is 2.05 bits per heavy atom. The molecule has 1 aliphatic heterocycles. The number of rotatable bonds is 2. The van der Waals surface area contributed by atoms with E-state index in [9.17, 15) is 19.1 Å². The van der Waals surface area contributed by atoms with Gasteiger partial charge in [-0.2, -0.15) is 0 Å². The first-order valence-corrected chi connectivity index (χ1v) is 7.17. The monoisotopic (exact) mass is 309 g/mol. The lowest BCUT2D eigenvalue weighted by molar-refractivity contribution is -0.142. The van der Waals surface area contributed by atoms with Crippen LogP contribution in [0.3, 0.4) is 0 Å². The van der Waals surface area contributed by atoms with Gasteiger partial charge in [0.25, 0.3) is 0 Å². The van der Waals surface area contributed by atoms with Crippen LogP contribution in [0.15, 0.2) is 24.3 Å². The quantitative estimate of drug-likeness (QED) is 0.912. The number of benzene rings is 1. The summed E-state index contributed by atoms with van der Waals surface area (Å²) >= 11 is 0. The fraction of sp³-hybridized carbons (Fsp3) is 0.500. The lowest BCUT2D eigenvalue weighted by Gasteiger charge is -2.28. The first-order chi connectivity index (χ1) is 10.2. The van der Waals surface area contributed by atoms with Crippen molar-refractivity contribution < 1.29 is 23.8 Å². The number of carbonyl (C=O) groups is 2. The van der Waals surface area contributed by atoms with Gasteiger partial charge in [-0.25, -0.2) is 14.0 Å². The number of nitrogens with zero attached hydrogens (tertiary/aromatic N) is 1. The minimum Gasteiger partial charge on any atom is -0.480 e. The van der Waals surface area contributed by atoms with Crippen molar-refractivity contribution in [1.82, 2.24) is 4.90 Å². The molecule has 2 rings (SSSR count). The van der Waals surface area contributed by atoms with Crippen LogP contribution in [-0.2, 0) is 9.53 Å². The van der Waals surface area contributed by atoms with Gasteiger partial charge in [-0.05, 0) is 44.9 Å². The number of likely N-dealkylation sites (tertiary alicyclic amines) is 1. The molecule has 1 amide bonds. The number of hydrogen-bond acceptors (Lipinski definition) is 3. The zero-order valence-corrected chi connectivity index (χ0v) is 12.9. The van der Waals surface area contributed by atoms with E-state index in [4.69, 9.17) is 4.74 Å². The second-order valence-corrected chi connectivity index (χ2v) is 6.41. The second-order valence-electron chi connectivity index (χ2n) is 6.41. The van der Waals surface area contributed by atoms with Crippen LogP contribution in [0.4, 0.5) is 9.18 Å². The summed E-state index contributed by atoms with van der Waals surface area (Å²) in [4.78, 5) is 25.0. The summed E-state index contributed by atoms with van der Waals surface area (Å²) in [5.74, 6) is -1.98. The Bertz CT molecular complexity index is 582. The summed E-state index contributed by atoms with van der Waals surface area (Å²) in [6.45, 7) is 5.44. The van der Waals surface area contributed by atoms with Crippen molar-refractivity contribution in [2.45, 2.75) is 44.8 Å². The van der Waals surface area contributed by atoms with Crippen LogP contribution in [-0.4, -0.2) is 40.3 Å². The van der Waals surface area contributed by atoms with Crippen molar-refractivity contribution in [2.24, 2.45) is 0 Å². The predicted molar refractivity (Wildman–Crippen MR) is 78.1 cm³/mol. The number of aliphatic carboxylic acids is 1. The standard InChI is InChI=1S/C16H20FNO4/c1-16(2,3)22-15(21)18-8-7-12(13(18)14(19)20)10-5-4-6-11(17)9-10/h4-6,9,12-13H,7-8H2,1-3H3,(H,19,20). The highest BCUT2D eigenvalue weighted by atomic mass is 19.1. The molecule has 1 heterocycles. The van der Waals surface area contributed by atoms with E-state index in [0.29, 0.717) is 12.0 Å². The first kappa shape index (κ1) is 16.3. The van der Waals surface area contributed by atoms with Crippen molar-refractivity contribution in [1.29, 1.82) is 0 Å². The van der Waals surface area contributed by atoms with Crippen LogP contribution in [0.5, 0.6) is 0 Å². The maximum Gasteiger partial charge on any atom is 0.411 e. The number of carboxylic acids is 1. The van der Waals surface area contributed by atoms with Crippen LogP contribution in [0.1, 0.15) is 38.7 Å². The molecule has 2 atom stereocenters. The molecule has 1 aromatic rings. The Morgan fingerprint density at radius 3 is 2.59 bits per heavy atom. The summed E-state index contributed by atoms with van der Waals surface area (Å²) in [6.07, 6.45) is -0.196. The molecule has 1 N–H and O–H groups in total. The number of amides is 1. The number of ether oxygens (including phenoxy) is 1. The highest BCUT2D eigenvalue weighted by molar-refractivity contribution is 5.82. The van der Waals surface area contributed by atoms with E-state index in [0.717, 1.165) is 0 Å². The summed E-state index contributed by atoms with van der Waals surface area (Å²) in [5.41, 5.74) is -0.115. The minimum absolute atomic E-state index is 0.271. The van der Waals surface area contributed by atoms with E-state index in [2.05, 4.69) is 0 Å². The van der Waals surface area contributed by atoms with Gasteiger partial charge in [0, 0.05) is 12.5 Å². The van der Waals surface area contributed by atoms with Crippen molar-refractivity contribution in [3.63, 3.8) is 0 Å². The van der Waals surface area contributed by atoms with Gasteiger partial charge in [-0.15, -0.1) is 0 Å². The third-order valence-corrected chi connectivity index (χ3v) is 3.56. The lowest BCUT2D eigenvalue weighted by Crippen LogP contribution is -2.45. The molecule has 1 aromatic carbocycles. The lowest BCUT2D eigenvalue weighted by atomic mass is 9.92. The molecule has 0 spiro atoms. The van der Waals surface area contributed by atoms with Crippen LogP contribution in [0.2, 0.25) is 0 Å². The SMILES string of the molecule is CC(C)(C)OC(=O)N1CCC(c2cccc(F)c2)C1C(=O)O. The highest BCUT2D eigenvalue weighted by Gasteiger charge is 2.44. The fourth-order valence-electron chi connectivity index (χ4n) is 2.71. The van der Waals surface area contributed by atoms with Gasteiger partial charge < -0.3 is 9.84 Å². The first-order valence-electron chi connectivity index (χ1n) is 7.17. The Hall–Kier alpha value is -2.11. The molecule has 2 unspecified atom stereocenters. The highest BCUT2D eigenvalue weighted by Crippen LogP contribution is 2.34. The van der Waals surface area contributed by atoms with Gasteiger partial charge in [0.05, 0.1) is 0 Å². The summed E-state index contributed by atoms with van der Waals surface area (Å²) in [6, 6.07) is 4.80. The average Bonchev–Trinajstić information content (AvgIpc) is 2.81. The molecule has 0 aliphatic carbocycles. The third kappa shape index (κ3) is 3.55. The van der Waals surface area contributed by atoms with Gasteiger partial charge in [0.15, 0.2) is 0 Å². The van der Waals surface area contributed by atoms with Crippen LogP contribution >= 0.6 is 0 Å². The smallest absolute Gasteiger partial charge is 0.411 e. The van der Waals surface area contributed by atoms with E-state index in [1.165, 1.54) is 17.0 Å². The molecule has 0 aromatic heterocycles. The van der Waals surface area contributed by atoms with E-state index in [1.54, 1.807) is 32.9 Å². The van der Waals surface area contributed by atoms with Crippen LogP contribution in [0, 0.1) is 5.82 Å². The Morgan fingerprint density at radius 1 is 1.36 bits per heavy atom. The van der Waals surface area contributed by atoms with Gasteiger partial charge in [-0.3, -0.25) is 4.90 Å². The van der Waals surface area contributed by atoms with E-state index < -0.39 is 35.4 Å². The average molecular weight is 309 g/mol. The molecule has 1 saturated heterocycles. The van der Waals surface area contributed by atoms with Crippen molar-refractivity contribution in [3.8, 4) is 0 Å². The molecule has 0 radical (unpaired) electrons. The zero-order valence-electron chi connectivity index (χ0n) is 12.9. The topological polar surface area (TPSA) is 66.8 Å². The maximum atomic E-state index is 13.4. The summed E-state index contributed by atoms with van der Waals surface area (Å²) in [7, 11) is 0. The van der Waals surface area contributed by atoms with Gasteiger partial charge >= 0.3 is 12.1 Å². The van der Waals surface area contributed by atoms with Gasteiger partial charge in [0.2, 0.25) is 0 Å². The maximum absolute atomic E-state index is 13.4. The normalized spacial score (nSPS) is 21.7. The number of carboxylic acid groups (broad SMARTS) is 1. The number of hydrogen-bond donors (Lipinski definition) is 1. The van der Waals surface area contributed by atoms with Crippen molar-refractivity contribution in [3.05, 3.63) is 35.6 Å². The van der Waals surface area contributed by atoms with Crippen molar-refractivity contribution in [2.75, 3.05) is 6.54 Å². The molecule has 1 aliphatic rings. The van der Waals surface area contributed by atoms with E-state index in [1.807, 2.05) is 0 Å². The largest absolute Gasteiger partial charge is 0.480 e. The second kappa shape index (κ2) is 5.94. The molecule has 6 heteroatoms. The minimum atomic E-state index is -1.11. The third-order valence-electron chi connectivity index (χ3n) is 3.56. The molecule has 22 heavy (non-hydrogen) atoms. The van der Waals surface area contributed by atoms with Crippen LogP contribution in [0.25, 0.3) is 0 Å². The predicted octanol–water partition coefficient (Wildman–Crippen LogP) is 3.00. The Balaban J connectivity index is 2.25. The molecule has 0 bridgehead atoms. The van der Waals surface area contributed by atoms with Gasteiger partial charge in [0.1, 0.15) is 17.5 Å². The summed E-state index contributed by atoms with van der Waals surface area (Å²) < 4.78 is 18.6. The number of carbonyl (C=O) groups excluding carboxylic acids is 1. The van der Waals surface area contributed by atoms with E-state index in [-0.39, 0.29) is 6.54 Å². The molecule has 120 valence electrons. The molecule has 0 saturated carbocycles. The molecular formula is C16H20FNO4. The summed E-state index contributed by atoms with van der Waals surface area (Å²) in [5, 5.41) is 9.49. The molecule has 1 fully saturated rings. The number of halogens is 1. The Labute approximate surface area is 128 Å². The van der Waals surface area contributed by atoms with E-state index >= 15 is 0 Å². The van der Waals surface area contributed by atoms with Gasteiger partial charge in [-0.1, -0.05) is 12.1 Å². The Kier molecular flexibility index (Phi) is 4.39. The van der Waals surface area contributed by atoms with Crippen molar-refractivity contribution >= 4 is 12.1 Å². The molecular weight excluding hydrogens is 289 g/mol.